The van der Waals surface area contributed by atoms with Gasteiger partial charge < -0.3 is 19.6 Å². The zero-order chi connectivity index (χ0) is 30.3. The molecule has 0 radical (unpaired) electrons. The Hall–Kier alpha value is -4.86. The number of carbonyl (C=O) groups is 2. The summed E-state index contributed by atoms with van der Waals surface area (Å²) in [6.07, 6.45) is -2.67. The van der Waals surface area contributed by atoms with Gasteiger partial charge in [0.05, 0.1) is 17.9 Å². The van der Waals surface area contributed by atoms with Crippen LogP contribution in [0.25, 0.3) is 11.5 Å². The number of aliphatic carboxylic acids is 1. The third kappa shape index (κ3) is 8.09. The van der Waals surface area contributed by atoms with Crippen LogP contribution in [0.15, 0.2) is 95.1 Å². The van der Waals surface area contributed by atoms with Gasteiger partial charge in [0.25, 0.3) is 0 Å². The number of allylic oxidation sites excluding steroid dienone is 2. The third-order valence-electron chi connectivity index (χ3n) is 6.43. The molecule has 0 amide bonds. The van der Waals surface area contributed by atoms with Gasteiger partial charge in [-0.15, -0.1) is 0 Å². The fourth-order valence-corrected chi connectivity index (χ4v) is 4.21. The molecule has 0 saturated carbocycles. The van der Waals surface area contributed by atoms with Gasteiger partial charge in [-0.1, -0.05) is 42.5 Å². The lowest BCUT2D eigenvalue weighted by molar-refractivity contribution is -0.139. The molecule has 0 fully saturated rings. The number of carboxylic acids is 1. The van der Waals surface area contributed by atoms with Crippen molar-refractivity contribution < 1.29 is 37.0 Å². The van der Waals surface area contributed by atoms with Crippen molar-refractivity contribution in [1.82, 2.24) is 10.3 Å². The summed E-state index contributed by atoms with van der Waals surface area (Å²) in [7, 11) is 0. The molecule has 4 rings (SSSR count). The summed E-state index contributed by atoms with van der Waals surface area (Å²) >= 11 is 0. The Morgan fingerprint density at radius 3 is 2.31 bits per heavy atom. The Balaban J connectivity index is 1.30. The molecular weight excluding hydrogens is 549 g/mol. The van der Waals surface area contributed by atoms with Gasteiger partial charge in [0.15, 0.2) is 5.78 Å². The normalized spacial score (nSPS) is 12.5. The van der Waals surface area contributed by atoms with E-state index < -0.39 is 29.5 Å². The summed E-state index contributed by atoms with van der Waals surface area (Å²) in [5.74, 6) is 0.231. The lowest BCUT2D eigenvalue weighted by atomic mass is 10.0. The van der Waals surface area contributed by atoms with E-state index in [1.165, 1.54) is 6.92 Å². The Morgan fingerprint density at radius 2 is 1.69 bits per heavy atom. The van der Waals surface area contributed by atoms with Crippen molar-refractivity contribution in [3.8, 4) is 17.2 Å². The molecular formula is C32H29F3N2O5. The third-order valence-corrected chi connectivity index (χ3v) is 6.43. The van der Waals surface area contributed by atoms with E-state index in [0.29, 0.717) is 24.7 Å². The summed E-state index contributed by atoms with van der Waals surface area (Å²) in [6.45, 7) is 3.75. The fourth-order valence-electron chi connectivity index (χ4n) is 4.21. The molecule has 0 aliphatic rings. The SMILES string of the molecule is CC(=CC(=O)c1ccc(C(F)(F)F)cc1)N[C@@H](Cc1ccc(OCCc2nc(-c3ccccc3)oc2C)cc1)C(=O)O. The number of hydrogen-bond acceptors (Lipinski definition) is 6. The number of rotatable bonds is 12. The fraction of sp³-hybridized carbons (Fsp3) is 0.219. The van der Waals surface area contributed by atoms with Crippen LogP contribution in [0.5, 0.6) is 5.75 Å². The van der Waals surface area contributed by atoms with Crippen molar-refractivity contribution in [2.45, 2.75) is 38.9 Å². The predicted octanol–water partition coefficient (Wildman–Crippen LogP) is 6.66. The van der Waals surface area contributed by atoms with E-state index in [4.69, 9.17) is 9.15 Å². The smallest absolute Gasteiger partial charge is 0.416 e. The maximum absolute atomic E-state index is 12.8. The quantitative estimate of drug-likeness (QED) is 0.143. The number of nitrogens with zero attached hydrogens (tertiary/aromatic N) is 1. The van der Waals surface area contributed by atoms with Crippen LogP contribution in [0.4, 0.5) is 13.2 Å². The first kappa shape index (κ1) is 30.1. The Kier molecular flexibility index (Phi) is 9.46. The largest absolute Gasteiger partial charge is 0.493 e. The number of nitrogens with one attached hydrogen (secondary N) is 1. The molecule has 1 atom stereocenters. The van der Waals surface area contributed by atoms with E-state index in [9.17, 15) is 27.9 Å². The minimum atomic E-state index is -4.50. The second-order valence-corrected chi connectivity index (χ2v) is 9.64. The molecule has 0 bridgehead atoms. The van der Waals surface area contributed by atoms with E-state index in [-0.39, 0.29) is 17.7 Å². The van der Waals surface area contributed by atoms with Gasteiger partial charge in [-0.05, 0) is 55.8 Å². The number of carboxylic acid groups (broad SMARTS) is 1. The molecule has 0 aliphatic heterocycles. The number of ether oxygens (including phenoxy) is 1. The second-order valence-electron chi connectivity index (χ2n) is 9.64. The molecule has 1 heterocycles. The summed E-state index contributed by atoms with van der Waals surface area (Å²) in [5.41, 5.74) is 1.90. The molecule has 0 unspecified atom stereocenters. The highest BCUT2D eigenvalue weighted by molar-refractivity contribution is 6.04. The highest BCUT2D eigenvalue weighted by atomic mass is 19.4. The summed E-state index contributed by atoms with van der Waals surface area (Å²) in [4.78, 5) is 28.9. The van der Waals surface area contributed by atoms with Crippen LogP contribution in [0, 0.1) is 6.92 Å². The van der Waals surface area contributed by atoms with Crippen LogP contribution in [-0.4, -0.2) is 34.5 Å². The average Bonchev–Trinajstić information content (AvgIpc) is 3.33. The highest BCUT2D eigenvalue weighted by Gasteiger charge is 2.30. The minimum Gasteiger partial charge on any atom is -0.493 e. The van der Waals surface area contributed by atoms with Crippen LogP contribution in [0.1, 0.15) is 39.9 Å². The molecule has 3 aromatic carbocycles. The highest BCUT2D eigenvalue weighted by Crippen LogP contribution is 2.29. The number of aromatic nitrogens is 1. The molecule has 7 nitrogen and oxygen atoms in total. The average molecular weight is 579 g/mol. The molecule has 2 N–H and O–H groups in total. The van der Waals surface area contributed by atoms with Gasteiger partial charge >= 0.3 is 12.1 Å². The maximum atomic E-state index is 12.8. The Bertz CT molecular complexity index is 1540. The van der Waals surface area contributed by atoms with Crippen molar-refractivity contribution in [1.29, 1.82) is 0 Å². The first-order chi connectivity index (χ1) is 20.0. The lowest BCUT2D eigenvalue weighted by Crippen LogP contribution is -2.37. The minimum absolute atomic E-state index is 0.0574. The molecule has 10 heteroatoms. The summed E-state index contributed by atoms with van der Waals surface area (Å²) < 4.78 is 49.9. The molecule has 0 saturated heterocycles. The second kappa shape index (κ2) is 13.2. The molecule has 1 aromatic heterocycles. The number of hydrogen-bond donors (Lipinski definition) is 2. The van der Waals surface area contributed by atoms with Gasteiger partial charge in [0.1, 0.15) is 17.6 Å². The van der Waals surface area contributed by atoms with Crippen molar-refractivity contribution >= 4 is 11.8 Å². The number of oxazole rings is 1. The Morgan fingerprint density at radius 1 is 1.02 bits per heavy atom. The van der Waals surface area contributed by atoms with Gasteiger partial charge in [0, 0.05) is 35.7 Å². The topological polar surface area (TPSA) is 102 Å². The van der Waals surface area contributed by atoms with E-state index in [1.54, 1.807) is 24.3 Å². The van der Waals surface area contributed by atoms with Crippen molar-refractivity contribution in [3.05, 3.63) is 119 Å². The van der Waals surface area contributed by atoms with E-state index >= 15 is 0 Å². The molecule has 0 aliphatic carbocycles. The molecule has 0 spiro atoms. The number of carbonyl (C=O) groups excluding carboxylic acids is 1. The van der Waals surface area contributed by atoms with Gasteiger partial charge in [-0.2, -0.15) is 13.2 Å². The van der Waals surface area contributed by atoms with E-state index in [1.807, 2.05) is 37.3 Å². The number of halogens is 3. The van der Waals surface area contributed by atoms with Crippen LogP contribution in [-0.2, 0) is 23.8 Å². The van der Waals surface area contributed by atoms with Crippen molar-refractivity contribution in [2.24, 2.45) is 0 Å². The molecule has 4 aromatic rings. The van der Waals surface area contributed by atoms with E-state index in [2.05, 4.69) is 10.3 Å². The summed E-state index contributed by atoms with van der Waals surface area (Å²) in [5, 5.41) is 12.5. The van der Waals surface area contributed by atoms with E-state index in [0.717, 1.165) is 52.9 Å². The Labute approximate surface area is 240 Å². The predicted molar refractivity (Wildman–Crippen MR) is 150 cm³/mol. The van der Waals surface area contributed by atoms with Crippen molar-refractivity contribution in [3.63, 3.8) is 0 Å². The first-order valence-electron chi connectivity index (χ1n) is 13.1. The first-order valence-corrected chi connectivity index (χ1v) is 13.1. The zero-order valence-corrected chi connectivity index (χ0v) is 22.9. The van der Waals surface area contributed by atoms with Crippen LogP contribution in [0.2, 0.25) is 0 Å². The maximum Gasteiger partial charge on any atom is 0.416 e. The number of aryl methyl sites for hydroxylation is 1. The number of ketones is 1. The van der Waals surface area contributed by atoms with Crippen molar-refractivity contribution in [2.75, 3.05) is 6.61 Å². The summed E-state index contributed by atoms with van der Waals surface area (Å²) in [6, 6.07) is 19.4. The zero-order valence-electron chi connectivity index (χ0n) is 22.9. The van der Waals surface area contributed by atoms with Crippen LogP contribution in [0.3, 0.4) is 0 Å². The van der Waals surface area contributed by atoms with Gasteiger partial charge in [-0.25, -0.2) is 9.78 Å². The van der Waals surface area contributed by atoms with Gasteiger partial charge in [-0.3, -0.25) is 4.79 Å². The molecule has 218 valence electrons. The molecule has 42 heavy (non-hydrogen) atoms. The number of benzene rings is 3. The standard InChI is InChI=1S/C32H29F3N2O5/c1-20(18-29(38)23-10-12-25(13-11-23)32(33,34)35)36-28(31(39)40)19-22-8-14-26(15-9-22)41-17-16-27-21(2)42-30(37-27)24-6-4-3-5-7-24/h3-15,18,28,36H,16-17,19H2,1-2H3,(H,39,40)/t28-/m0/s1. The monoisotopic (exact) mass is 578 g/mol. The van der Waals surface area contributed by atoms with Crippen LogP contribution < -0.4 is 10.1 Å². The lowest BCUT2D eigenvalue weighted by Gasteiger charge is -2.16. The van der Waals surface area contributed by atoms with Crippen LogP contribution >= 0.6 is 0 Å². The number of alkyl halides is 3. The van der Waals surface area contributed by atoms with Gasteiger partial charge in [0.2, 0.25) is 5.89 Å².